The molecule has 0 saturated heterocycles. The van der Waals surface area contributed by atoms with Crippen LogP contribution in [0.4, 0.5) is 0 Å². The van der Waals surface area contributed by atoms with Crippen molar-refractivity contribution in [3.05, 3.63) is 45.6 Å². The summed E-state index contributed by atoms with van der Waals surface area (Å²) in [5, 5.41) is 0. The minimum atomic E-state index is -0.677. The summed E-state index contributed by atoms with van der Waals surface area (Å²) in [5.41, 5.74) is 0.355. The maximum absolute atomic E-state index is 12.1. The predicted molar refractivity (Wildman–Crippen MR) is 82.8 cm³/mol. The lowest BCUT2D eigenvalue weighted by Crippen LogP contribution is -2.13. The normalized spacial score (nSPS) is 11.9. The number of ketones is 1. The molecule has 0 saturated carbocycles. The van der Waals surface area contributed by atoms with Gasteiger partial charge in [-0.1, -0.05) is 0 Å². The van der Waals surface area contributed by atoms with Gasteiger partial charge in [-0.3, -0.25) is 4.79 Å². The van der Waals surface area contributed by atoms with E-state index in [1.165, 1.54) is 19.2 Å². The van der Waals surface area contributed by atoms with Crippen molar-refractivity contribution >= 4 is 29.1 Å². The number of methoxy groups -OCH3 is 1. The number of benzene rings is 1. The number of carbonyl (C=O) groups is 3. The second-order valence-electron chi connectivity index (χ2n) is 4.72. The number of hydrogen-bond acceptors (Lipinski definition) is 8. The topological polar surface area (TPSA) is 88.1 Å². The lowest BCUT2D eigenvalue weighted by molar-refractivity contribution is 0.0479. The van der Waals surface area contributed by atoms with Crippen molar-refractivity contribution in [2.75, 3.05) is 20.5 Å². The molecule has 2 aromatic rings. The first-order chi connectivity index (χ1) is 11.6. The van der Waals surface area contributed by atoms with Gasteiger partial charge in [-0.15, -0.1) is 11.3 Å². The van der Waals surface area contributed by atoms with Gasteiger partial charge in [0.1, 0.15) is 9.75 Å². The van der Waals surface area contributed by atoms with Crippen molar-refractivity contribution in [2.45, 2.75) is 0 Å². The van der Waals surface area contributed by atoms with Crippen LogP contribution in [0.3, 0.4) is 0 Å². The molecule has 0 spiro atoms. The second kappa shape index (κ2) is 6.71. The first-order valence-electron chi connectivity index (χ1n) is 6.86. The number of ether oxygens (including phenoxy) is 4. The van der Waals surface area contributed by atoms with Gasteiger partial charge in [0, 0.05) is 5.56 Å². The van der Waals surface area contributed by atoms with Gasteiger partial charge in [0.25, 0.3) is 0 Å². The molecule has 0 bridgehead atoms. The van der Waals surface area contributed by atoms with Gasteiger partial charge < -0.3 is 18.9 Å². The van der Waals surface area contributed by atoms with E-state index >= 15 is 0 Å². The van der Waals surface area contributed by atoms with Crippen molar-refractivity contribution in [3.63, 3.8) is 0 Å². The summed E-state index contributed by atoms with van der Waals surface area (Å²) in [7, 11) is 1.25. The van der Waals surface area contributed by atoms with E-state index in [9.17, 15) is 14.4 Å². The van der Waals surface area contributed by atoms with E-state index in [4.69, 9.17) is 14.2 Å². The van der Waals surface area contributed by atoms with Gasteiger partial charge in [-0.2, -0.15) is 0 Å². The first-order valence-corrected chi connectivity index (χ1v) is 7.68. The molecular formula is C16H12O7S. The van der Waals surface area contributed by atoms with Gasteiger partial charge >= 0.3 is 11.9 Å². The third kappa shape index (κ3) is 3.23. The Morgan fingerprint density at radius 2 is 1.75 bits per heavy atom. The Bertz CT molecular complexity index is 809. The highest BCUT2D eigenvalue weighted by molar-refractivity contribution is 7.15. The fourth-order valence-corrected chi connectivity index (χ4v) is 2.83. The van der Waals surface area contributed by atoms with E-state index in [0.29, 0.717) is 17.1 Å². The molecule has 8 heteroatoms. The number of esters is 2. The summed E-state index contributed by atoms with van der Waals surface area (Å²) in [4.78, 5) is 35.9. The van der Waals surface area contributed by atoms with Crippen molar-refractivity contribution in [2.24, 2.45) is 0 Å². The van der Waals surface area contributed by atoms with Gasteiger partial charge in [-0.05, 0) is 30.3 Å². The molecule has 7 nitrogen and oxygen atoms in total. The molecule has 0 fully saturated rings. The zero-order chi connectivity index (χ0) is 17.1. The molecule has 1 aliphatic rings. The molecule has 24 heavy (non-hydrogen) atoms. The van der Waals surface area contributed by atoms with E-state index in [-0.39, 0.29) is 22.3 Å². The lowest BCUT2D eigenvalue weighted by atomic mass is 10.1. The van der Waals surface area contributed by atoms with Crippen LogP contribution in [0.15, 0.2) is 30.3 Å². The number of carbonyl (C=O) groups excluding carboxylic acids is 3. The van der Waals surface area contributed by atoms with Crippen LogP contribution in [0, 0.1) is 0 Å². The number of hydrogen-bond donors (Lipinski definition) is 0. The lowest BCUT2D eigenvalue weighted by Gasteiger charge is -2.04. The molecule has 0 radical (unpaired) electrons. The summed E-state index contributed by atoms with van der Waals surface area (Å²) >= 11 is 0.941. The molecule has 0 atom stereocenters. The molecule has 0 N–H and O–H groups in total. The molecule has 0 aliphatic carbocycles. The van der Waals surface area contributed by atoms with Gasteiger partial charge in [0.05, 0.1) is 7.11 Å². The molecule has 0 amide bonds. The van der Waals surface area contributed by atoms with Crippen LogP contribution in [-0.4, -0.2) is 38.2 Å². The van der Waals surface area contributed by atoms with Crippen LogP contribution in [-0.2, 0) is 9.47 Å². The summed E-state index contributed by atoms with van der Waals surface area (Å²) in [5.74, 6) is -0.531. The summed E-state index contributed by atoms with van der Waals surface area (Å²) < 4.78 is 19.9. The standard InChI is InChI=1S/C16H12O7S/c1-20-15(18)13-4-5-14(24-13)16(19)21-7-10(17)9-2-3-11-12(6-9)23-8-22-11/h2-6H,7-8H2,1H3. The van der Waals surface area contributed by atoms with Crippen LogP contribution in [0.5, 0.6) is 11.5 Å². The number of rotatable bonds is 5. The number of thiophene rings is 1. The molecule has 1 aromatic carbocycles. The number of Topliss-reactive ketones (excluding diaryl/α,β-unsaturated/α-hetero) is 1. The Kier molecular flexibility index (Phi) is 4.48. The summed E-state index contributed by atoms with van der Waals surface area (Å²) in [6.07, 6.45) is 0. The largest absolute Gasteiger partial charge is 0.465 e. The van der Waals surface area contributed by atoms with Crippen molar-refractivity contribution in [1.82, 2.24) is 0 Å². The van der Waals surface area contributed by atoms with Crippen LogP contribution >= 0.6 is 11.3 Å². The maximum atomic E-state index is 12.1. The monoisotopic (exact) mass is 348 g/mol. The zero-order valence-electron chi connectivity index (χ0n) is 12.6. The minimum absolute atomic E-state index is 0.114. The Morgan fingerprint density at radius 3 is 2.50 bits per heavy atom. The highest BCUT2D eigenvalue weighted by atomic mass is 32.1. The Hall–Kier alpha value is -2.87. The third-order valence-corrected chi connectivity index (χ3v) is 4.27. The van der Waals surface area contributed by atoms with E-state index in [0.717, 1.165) is 11.3 Å². The minimum Gasteiger partial charge on any atom is -0.465 e. The van der Waals surface area contributed by atoms with Crippen LogP contribution in [0.25, 0.3) is 0 Å². The molecule has 1 aliphatic heterocycles. The van der Waals surface area contributed by atoms with Crippen LogP contribution in [0.1, 0.15) is 29.7 Å². The van der Waals surface area contributed by atoms with Gasteiger partial charge in [-0.25, -0.2) is 9.59 Å². The van der Waals surface area contributed by atoms with E-state index in [1.54, 1.807) is 18.2 Å². The fraction of sp³-hybridized carbons (Fsp3) is 0.188. The molecule has 0 unspecified atom stereocenters. The van der Waals surface area contributed by atoms with E-state index in [1.807, 2.05) is 0 Å². The predicted octanol–water partition coefficient (Wildman–Crippen LogP) is 2.30. The van der Waals surface area contributed by atoms with Gasteiger partial charge in [0.2, 0.25) is 6.79 Å². The van der Waals surface area contributed by atoms with E-state index in [2.05, 4.69) is 4.74 Å². The quantitative estimate of drug-likeness (QED) is 0.605. The molecule has 1 aromatic heterocycles. The summed E-state index contributed by atoms with van der Waals surface area (Å²) in [6.45, 7) is -0.299. The molecule has 3 rings (SSSR count). The van der Waals surface area contributed by atoms with Gasteiger partial charge in [0.15, 0.2) is 23.9 Å². The average molecular weight is 348 g/mol. The molecule has 124 valence electrons. The molecular weight excluding hydrogens is 336 g/mol. The van der Waals surface area contributed by atoms with Crippen molar-refractivity contribution in [3.8, 4) is 11.5 Å². The SMILES string of the molecule is COC(=O)c1ccc(C(=O)OCC(=O)c2ccc3c(c2)OCO3)s1. The Labute approximate surface area is 140 Å². The van der Waals surface area contributed by atoms with Crippen molar-refractivity contribution < 1.29 is 33.3 Å². The number of fused-ring (bicyclic) bond motifs is 1. The van der Waals surface area contributed by atoms with Crippen molar-refractivity contribution in [1.29, 1.82) is 0 Å². The fourth-order valence-electron chi connectivity index (χ4n) is 2.01. The Morgan fingerprint density at radius 1 is 1.04 bits per heavy atom. The average Bonchev–Trinajstić information content (AvgIpc) is 3.26. The molecule has 2 heterocycles. The smallest absolute Gasteiger partial charge is 0.348 e. The summed E-state index contributed by atoms with van der Waals surface area (Å²) in [6, 6.07) is 7.65. The zero-order valence-corrected chi connectivity index (χ0v) is 13.4. The third-order valence-electron chi connectivity index (χ3n) is 3.22. The maximum Gasteiger partial charge on any atom is 0.348 e. The van der Waals surface area contributed by atoms with Crippen LogP contribution in [0.2, 0.25) is 0 Å². The van der Waals surface area contributed by atoms with Crippen LogP contribution < -0.4 is 9.47 Å². The van der Waals surface area contributed by atoms with E-state index < -0.39 is 18.5 Å². The second-order valence-corrected chi connectivity index (χ2v) is 5.81. The highest BCUT2D eigenvalue weighted by Crippen LogP contribution is 2.32. The highest BCUT2D eigenvalue weighted by Gasteiger charge is 2.19. The Balaban J connectivity index is 1.60. The first kappa shape index (κ1) is 16.0.